The van der Waals surface area contributed by atoms with Gasteiger partial charge in [0.25, 0.3) is 0 Å². The summed E-state index contributed by atoms with van der Waals surface area (Å²) in [6, 6.07) is 16.1. The minimum absolute atomic E-state index is 0.153. The summed E-state index contributed by atoms with van der Waals surface area (Å²) in [5.41, 5.74) is 3.91. The molecule has 0 bridgehead atoms. The molecule has 6 heteroatoms. The molecule has 0 saturated heterocycles. The molecular formula is C40H64N2O4. The lowest BCUT2D eigenvalue weighted by atomic mass is 9.96. The molecule has 0 saturated carbocycles. The van der Waals surface area contributed by atoms with Gasteiger partial charge in [-0.05, 0) is 100 Å². The molecular weight excluding hydrogens is 572 g/mol. The van der Waals surface area contributed by atoms with Crippen LogP contribution in [-0.2, 0) is 32.3 Å². The maximum atomic E-state index is 12.7. The van der Waals surface area contributed by atoms with Crippen molar-refractivity contribution in [1.29, 1.82) is 0 Å². The van der Waals surface area contributed by atoms with Crippen LogP contribution >= 0.6 is 0 Å². The fourth-order valence-electron chi connectivity index (χ4n) is 5.78. The third-order valence-corrected chi connectivity index (χ3v) is 8.62. The van der Waals surface area contributed by atoms with Crippen LogP contribution in [0.4, 0.5) is 0 Å². The second kappa shape index (κ2) is 25.4. The van der Waals surface area contributed by atoms with Gasteiger partial charge >= 0.3 is 11.9 Å². The SMILES string of the molecule is CCCCCN(CCCC)CCCC(=O)OCc1ccccc1-c1ccccc1COC(=O)CCCN(CCCC)CCCCC. The zero-order chi connectivity index (χ0) is 33.2. The van der Waals surface area contributed by atoms with Gasteiger partial charge in [-0.3, -0.25) is 9.59 Å². The molecule has 0 fully saturated rings. The highest BCUT2D eigenvalue weighted by molar-refractivity contribution is 5.73. The third kappa shape index (κ3) is 16.7. The fraction of sp³-hybridized carbons (Fsp3) is 0.650. The number of nitrogens with zero attached hydrogens (tertiary/aromatic N) is 2. The van der Waals surface area contributed by atoms with Crippen LogP contribution in [-0.4, -0.2) is 61.0 Å². The predicted octanol–water partition coefficient (Wildman–Crippen LogP) is 9.59. The summed E-state index contributed by atoms with van der Waals surface area (Å²) in [4.78, 5) is 30.4. The summed E-state index contributed by atoms with van der Waals surface area (Å²) < 4.78 is 11.5. The number of unbranched alkanes of at least 4 members (excludes halogenated alkanes) is 6. The van der Waals surface area contributed by atoms with E-state index in [2.05, 4.69) is 49.6 Å². The summed E-state index contributed by atoms with van der Waals surface area (Å²) in [6.45, 7) is 15.7. The summed E-state index contributed by atoms with van der Waals surface area (Å²) in [5.74, 6) is -0.306. The average Bonchev–Trinajstić information content (AvgIpc) is 3.07. The van der Waals surface area contributed by atoms with Crippen LogP contribution in [0.1, 0.15) is 129 Å². The molecule has 2 aromatic rings. The standard InChI is InChI=1S/C40H64N2O4/c1-5-9-17-29-41(27-11-7-3)31-19-25-39(43)45-33-35-21-13-15-23-37(35)38-24-16-14-22-36(38)34-46-40(44)26-20-32-42(28-12-8-4)30-18-10-6-2/h13-16,21-24H,5-12,17-20,25-34H2,1-4H3. The van der Waals surface area contributed by atoms with Gasteiger partial charge in [0.2, 0.25) is 0 Å². The van der Waals surface area contributed by atoms with Crippen molar-refractivity contribution in [2.24, 2.45) is 0 Å². The molecule has 0 amide bonds. The zero-order valence-corrected chi connectivity index (χ0v) is 29.7. The Morgan fingerprint density at radius 2 is 0.826 bits per heavy atom. The van der Waals surface area contributed by atoms with E-state index in [0.717, 1.165) is 74.4 Å². The monoisotopic (exact) mass is 636 g/mol. The highest BCUT2D eigenvalue weighted by Crippen LogP contribution is 2.28. The number of carbonyl (C=O) groups excluding carboxylic acids is 2. The van der Waals surface area contributed by atoms with E-state index >= 15 is 0 Å². The highest BCUT2D eigenvalue weighted by Gasteiger charge is 2.14. The minimum atomic E-state index is -0.153. The summed E-state index contributed by atoms with van der Waals surface area (Å²) in [5, 5.41) is 0. The van der Waals surface area contributed by atoms with Crippen LogP contribution in [0.2, 0.25) is 0 Å². The molecule has 0 unspecified atom stereocenters. The van der Waals surface area contributed by atoms with E-state index in [9.17, 15) is 9.59 Å². The van der Waals surface area contributed by atoms with E-state index < -0.39 is 0 Å². The lowest BCUT2D eigenvalue weighted by Crippen LogP contribution is -2.27. The maximum Gasteiger partial charge on any atom is 0.306 e. The van der Waals surface area contributed by atoms with Crippen LogP contribution in [0.5, 0.6) is 0 Å². The number of rotatable bonds is 27. The third-order valence-electron chi connectivity index (χ3n) is 8.62. The fourth-order valence-corrected chi connectivity index (χ4v) is 5.78. The Labute approximate surface area is 281 Å². The molecule has 0 spiro atoms. The Morgan fingerprint density at radius 1 is 0.478 bits per heavy atom. The second-order valence-corrected chi connectivity index (χ2v) is 12.6. The van der Waals surface area contributed by atoms with Crippen molar-refractivity contribution < 1.29 is 19.1 Å². The molecule has 2 aromatic carbocycles. The largest absolute Gasteiger partial charge is 0.461 e. The summed E-state index contributed by atoms with van der Waals surface area (Å²) in [6.07, 6.45) is 14.7. The van der Waals surface area contributed by atoms with Gasteiger partial charge in [-0.2, -0.15) is 0 Å². The Hall–Kier alpha value is -2.70. The van der Waals surface area contributed by atoms with E-state index in [0.29, 0.717) is 12.8 Å². The first-order chi connectivity index (χ1) is 22.5. The number of benzene rings is 2. The van der Waals surface area contributed by atoms with E-state index in [1.54, 1.807) is 0 Å². The van der Waals surface area contributed by atoms with Gasteiger partial charge in [-0.15, -0.1) is 0 Å². The van der Waals surface area contributed by atoms with Crippen molar-refractivity contribution >= 4 is 11.9 Å². The van der Waals surface area contributed by atoms with Crippen molar-refractivity contribution in [2.45, 2.75) is 131 Å². The Morgan fingerprint density at radius 3 is 1.22 bits per heavy atom. The molecule has 0 aliphatic heterocycles. The summed E-state index contributed by atoms with van der Waals surface area (Å²) in [7, 11) is 0. The molecule has 2 rings (SSSR count). The quantitative estimate of drug-likeness (QED) is 0.0719. The zero-order valence-electron chi connectivity index (χ0n) is 29.7. The Bertz CT molecular complexity index is 1000. The topological polar surface area (TPSA) is 59.1 Å². The molecule has 0 atom stereocenters. The average molecular weight is 637 g/mol. The van der Waals surface area contributed by atoms with Crippen molar-refractivity contribution in [3.63, 3.8) is 0 Å². The van der Waals surface area contributed by atoms with E-state index in [-0.39, 0.29) is 25.2 Å². The molecule has 0 aliphatic rings. The number of ether oxygens (including phenoxy) is 2. The van der Waals surface area contributed by atoms with Gasteiger partial charge in [0.05, 0.1) is 0 Å². The van der Waals surface area contributed by atoms with Gasteiger partial charge < -0.3 is 19.3 Å². The molecule has 0 N–H and O–H groups in total. The van der Waals surface area contributed by atoms with Crippen LogP contribution in [0.15, 0.2) is 48.5 Å². The number of esters is 2. The van der Waals surface area contributed by atoms with E-state index in [4.69, 9.17) is 9.47 Å². The van der Waals surface area contributed by atoms with Crippen molar-refractivity contribution in [3.8, 4) is 11.1 Å². The summed E-state index contributed by atoms with van der Waals surface area (Å²) >= 11 is 0. The number of hydrogen-bond acceptors (Lipinski definition) is 6. The van der Waals surface area contributed by atoms with E-state index in [1.165, 1.54) is 64.2 Å². The van der Waals surface area contributed by atoms with Crippen LogP contribution < -0.4 is 0 Å². The molecule has 0 radical (unpaired) electrons. The Kier molecular flexibility index (Phi) is 21.8. The Balaban J connectivity index is 1.89. The predicted molar refractivity (Wildman–Crippen MR) is 192 cm³/mol. The number of carbonyl (C=O) groups is 2. The van der Waals surface area contributed by atoms with Crippen LogP contribution in [0, 0.1) is 0 Å². The smallest absolute Gasteiger partial charge is 0.306 e. The molecule has 0 heterocycles. The van der Waals surface area contributed by atoms with Gasteiger partial charge in [-0.1, -0.05) is 115 Å². The first-order valence-electron chi connectivity index (χ1n) is 18.4. The lowest BCUT2D eigenvalue weighted by Gasteiger charge is -2.22. The first kappa shape index (κ1) is 39.5. The second-order valence-electron chi connectivity index (χ2n) is 12.6. The van der Waals surface area contributed by atoms with Gasteiger partial charge in [0, 0.05) is 12.8 Å². The first-order valence-corrected chi connectivity index (χ1v) is 18.4. The van der Waals surface area contributed by atoms with Gasteiger partial charge in [-0.25, -0.2) is 0 Å². The molecule has 258 valence electrons. The van der Waals surface area contributed by atoms with Crippen LogP contribution in [0.25, 0.3) is 11.1 Å². The maximum absolute atomic E-state index is 12.7. The molecule has 0 aliphatic carbocycles. The van der Waals surface area contributed by atoms with E-state index in [1.807, 2.05) is 36.4 Å². The van der Waals surface area contributed by atoms with Crippen molar-refractivity contribution in [3.05, 3.63) is 59.7 Å². The van der Waals surface area contributed by atoms with Crippen molar-refractivity contribution in [2.75, 3.05) is 39.3 Å². The normalized spacial score (nSPS) is 11.3. The molecule has 6 nitrogen and oxygen atoms in total. The van der Waals surface area contributed by atoms with Gasteiger partial charge in [0.1, 0.15) is 13.2 Å². The molecule has 0 aromatic heterocycles. The number of hydrogen-bond donors (Lipinski definition) is 0. The van der Waals surface area contributed by atoms with Crippen molar-refractivity contribution in [1.82, 2.24) is 9.80 Å². The van der Waals surface area contributed by atoms with Crippen LogP contribution in [0.3, 0.4) is 0 Å². The lowest BCUT2D eigenvalue weighted by molar-refractivity contribution is -0.146. The highest BCUT2D eigenvalue weighted by atomic mass is 16.5. The molecule has 46 heavy (non-hydrogen) atoms. The van der Waals surface area contributed by atoms with Gasteiger partial charge in [0.15, 0.2) is 0 Å². The minimum Gasteiger partial charge on any atom is -0.461 e.